The molecular formula is C20H16F2N4OS. The van der Waals surface area contributed by atoms with Gasteiger partial charge in [0.05, 0.1) is 5.69 Å². The number of nitrogens with zero attached hydrogens (tertiary/aromatic N) is 4. The van der Waals surface area contributed by atoms with Crippen LogP contribution in [-0.2, 0) is 12.8 Å². The van der Waals surface area contributed by atoms with E-state index in [1.165, 1.54) is 36.0 Å². The molecule has 5 nitrogen and oxygen atoms in total. The van der Waals surface area contributed by atoms with Gasteiger partial charge < -0.3 is 9.09 Å². The fourth-order valence-corrected chi connectivity index (χ4v) is 3.71. The average molecular weight is 398 g/mol. The predicted molar refractivity (Wildman–Crippen MR) is 103 cm³/mol. The van der Waals surface area contributed by atoms with E-state index in [0.29, 0.717) is 22.5 Å². The van der Waals surface area contributed by atoms with Crippen molar-refractivity contribution in [1.82, 2.24) is 19.9 Å². The van der Waals surface area contributed by atoms with E-state index in [9.17, 15) is 8.78 Å². The molecule has 2 heterocycles. The minimum atomic E-state index is -0.295. The molecule has 28 heavy (non-hydrogen) atoms. The van der Waals surface area contributed by atoms with Crippen molar-refractivity contribution in [3.8, 4) is 22.7 Å². The Balaban J connectivity index is 1.51. The summed E-state index contributed by atoms with van der Waals surface area (Å²) in [6.07, 6.45) is 0. The van der Waals surface area contributed by atoms with Crippen LogP contribution >= 0.6 is 11.8 Å². The summed E-state index contributed by atoms with van der Waals surface area (Å²) in [6, 6.07) is 12.2. The third-order valence-corrected chi connectivity index (χ3v) is 5.43. The van der Waals surface area contributed by atoms with E-state index >= 15 is 0 Å². The van der Waals surface area contributed by atoms with Crippen LogP contribution in [0.15, 0.2) is 58.2 Å². The number of thioether (sulfide) groups is 1. The number of aromatic nitrogens is 4. The molecule has 0 unspecified atom stereocenters. The highest BCUT2D eigenvalue weighted by Gasteiger charge is 2.16. The van der Waals surface area contributed by atoms with Gasteiger partial charge in [-0.25, -0.2) is 8.78 Å². The van der Waals surface area contributed by atoms with Crippen LogP contribution in [-0.4, -0.2) is 19.9 Å². The first-order valence-electron chi connectivity index (χ1n) is 8.52. The monoisotopic (exact) mass is 398 g/mol. The van der Waals surface area contributed by atoms with Gasteiger partial charge >= 0.3 is 0 Å². The van der Waals surface area contributed by atoms with Gasteiger partial charge in [-0.3, -0.25) is 0 Å². The summed E-state index contributed by atoms with van der Waals surface area (Å²) in [5.74, 6) is 1.24. The lowest BCUT2D eigenvalue weighted by Crippen LogP contribution is -1.95. The standard InChI is InChI=1S/C20H16F2N4OS/c1-12-17(25-27-18(12)13-3-7-15(21)8-4-13)11-28-20-24-23-19(26(20)2)14-5-9-16(22)10-6-14/h3-10H,11H2,1-2H3. The fourth-order valence-electron chi connectivity index (χ4n) is 2.80. The molecule has 0 aliphatic heterocycles. The summed E-state index contributed by atoms with van der Waals surface area (Å²) in [4.78, 5) is 0. The van der Waals surface area contributed by atoms with Crippen LogP contribution in [0.2, 0.25) is 0 Å². The molecule has 0 saturated heterocycles. The highest BCUT2D eigenvalue weighted by atomic mass is 32.2. The van der Waals surface area contributed by atoms with Crippen molar-refractivity contribution in [3.05, 3.63) is 71.4 Å². The Morgan fingerprint density at radius 1 is 0.929 bits per heavy atom. The van der Waals surface area contributed by atoms with Gasteiger partial charge in [-0.2, -0.15) is 0 Å². The van der Waals surface area contributed by atoms with Gasteiger partial charge in [0.15, 0.2) is 16.7 Å². The molecule has 0 aliphatic carbocycles. The van der Waals surface area contributed by atoms with Crippen LogP contribution in [0.5, 0.6) is 0 Å². The number of rotatable bonds is 5. The summed E-state index contributed by atoms with van der Waals surface area (Å²) in [7, 11) is 1.86. The lowest BCUT2D eigenvalue weighted by atomic mass is 10.1. The summed E-state index contributed by atoms with van der Waals surface area (Å²) in [5.41, 5.74) is 3.26. The Morgan fingerprint density at radius 2 is 1.54 bits per heavy atom. The number of benzene rings is 2. The first kappa shape index (κ1) is 18.4. The smallest absolute Gasteiger partial charge is 0.191 e. The first-order chi connectivity index (χ1) is 13.5. The second-order valence-corrected chi connectivity index (χ2v) is 7.19. The van der Waals surface area contributed by atoms with E-state index in [1.54, 1.807) is 24.3 Å². The fraction of sp³-hybridized carbons (Fsp3) is 0.150. The Labute approximate surface area is 164 Å². The van der Waals surface area contributed by atoms with Gasteiger partial charge in [0, 0.05) is 29.5 Å². The van der Waals surface area contributed by atoms with E-state index in [0.717, 1.165) is 22.4 Å². The second-order valence-electron chi connectivity index (χ2n) is 6.25. The van der Waals surface area contributed by atoms with E-state index < -0.39 is 0 Å². The van der Waals surface area contributed by atoms with Gasteiger partial charge in [0.2, 0.25) is 0 Å². The molecule has 142 valence electrons. The molecule has 0 fully saturated rings. The molecule has 0 bridgehead atoms. The molecule has 0 aliphatic rings. The average Bonchev–Trinajstić information content (AvgIpc) is 3.24. The summed E-state index contributed by atoms with van der Waals surface area (Å²) >= 11 is 1.48. The van der Waals surface area contributed by atoms with Crippen molar-refractivity contribution in [1.29, 1.82) is 0 Å². The molecule has 0 atom stereocenters. The maximum absolute atomic E-state index is 13.1. The van der Waals surface area contributed by atoms with Crippen LogP contribution in [0.4, 0.5) is 8.78 Å². The quantitative estimate of drug-likeness (QED) is 0.442. The Hall–Kier alpha value is -3.00. The van der Waals surface area contributed by atoms with Crippen molar-refractivity contribution in [2.45, 2.75) is 17.8 Å². The van der Waals surface area contributed by atoms with Gasteiger partial charge in [-0.1, -0.05) is 16.9 Å². The first-order valence-corrected chi connectivity index (χ1v) is 9.50. The molecule has 4 aromatic rings. The molecule has 8 heteroatoms. The summed E-state index contributed by atoms with van der Waals surface area (Å²) in [5, 5.41) is 13.3. The molecular weight excluding hydrogens is 382 g/mol. The maximum atomic E-state index is 13.1. The zero-order chi connectivity index (χ0) is 19.7. The van der Waals surface area contributed by atoms with E-state index in [4.69, 9.17) is 4.52 Å². The third kappa shape index (κ3) is 3.55. The van der Waals surface area contributed by atoms with Crippen LogP contribution in [0, 0.1) is 18.6 Å². The SMILES string of the molecule is Cc1c(CSc2nnc(-c3ccc(F)cc3)n2C)noc1-c1ccc(F)cc1. The van der Waals surface area contributed by atoms with Crippen LogP contribution < -0.4 is 0 Å². The number of halogens is 2. The number of hydrogen-bond donors (Lipinski definition) is 0. The van der Waals surface area contributed by atoms with Gasteiger partial charge in [-0.15, -0.1) is 10.2 Å². The van der Waals surface area contributed by atoms with Crippen molar-refractivity contribution in [2.24, 2.45) is 7.05 Å². The third-order valence-electron chi connectivity index (χ3n) is 4.40. The Kier molecular flexibility index (Phi) is 4.95. The molecule has 2 aromatic heterocycles. The lowest BCUT2D eigenvalue weighted by molar-refractivity contribution is 0.426. The second kappa shape index (κ2) is 7.55. The molecule has 0 saturated carbocycles. The van der Waals surface area contributed by atoms with Crippen LogP contribution in [0.3, 0.4) is 0 Å². The molecule has 0 spiro atoms. The Bertz CT molecular complexity index is 1010. The van der Waals surface area contributed by atoms with Crippen molar-refractivity contribution >= 4 is 11.8 Å². The molecule has 0 radical (unpaired) electrons. The highest BCUT2D eigenvalue weighted by Crippen LogP contribution is 2.30. The van der Waals surface area contributed by atoms with E-state index in [-0.39, 0.29) is 11.6 Å². The van der Waals surface area contributed by atoms with E-state index in [2.05, 4.69) is 15.4 Å². The summed E-state index contributed by atoms with van der Waals surface area (Å²) in [6.45, 7) is 1.92. The molecule has 4 rings (SSSR count). The zero-order valence-corrected chi connectivity index (χ0v) is 16.0. The van der Waals surface area contributed by atoms with Crippen molar-refractivity contribution in [2.75, 3.05) is 0 Å². The van der Waals surface area contributed by atoms with Crippen molar-refractivity contribution < 1.29 is 13.3 Å². The highest BCUT2D eigenvalue weighted by molar-refractivity contribution is 7.98. The lowest BCUT2D eigenvalue weighted by Gasteiger charge is -2.03. The topological polar surface area (TPSA) is 56.7 Å². The van der Waals surface area contributed by atoms with Crippen molar-refractivity contribution in [3.63, 3.8) is 0 Å². The minimum absolute atomic E-state index is 0.293. The normalized spacial score (nSPS) is 11.1. The number of hydrogen-bond acceptors (Lipinski definition) is 5. The van der Waals surface area contributed by atoms with Gasteiger partial charge in [-0.05, 0) is 55.5 Å². The summed E-state index contributed by atoms with van der Waals surface area (Å²) < 4.78 is 33.5. The molecule has 0 N–H and O–H groups in total. The maximum Gasteiger partial charge on any atom is 0.191 e. The van der Waals surface area contributed by atoms with E-state index in [1.807, 2.05) is 18.5 Å². The van der Waals surface area contributed by atoms with Crippen LogP contribution in [0.1, 0.15) is 11.3 Å². The van der Waals surface area contributed by atoms with Crippen LogP contribution in [0.25, 0.3) is 22.7 Å². The molecule has 0 amide bonds. The van der Waals surface area contributed by atoms with Gasteiger partial charge in [0.25, 0.3) is 0 Å². The Morgan fingerprint density at radius 3 is 2.18 bits per heavy atom. The minimum Gasteiger partial charge on any atom is -0.356 e. The zero-order valence-electron chi connectivity index (χ0n) is 15.2. The van der Waals surface area contributed by atoms with Gasteiger partial charge in [0.1, 0.15) is 11.6 Å². The predicted octanol–water partition coefficient (Wildman–Crippen LogP) is 5.02. The largest absolute Gasteiger partial charge is 0.356 e. The molecule has 2 aromatic carbocycles.